The fraction of sp³-hybridized carbons (Fsp3) is 0.286. The third-order valence-corrected chi connectivity index (χ3v) is 5.09. The molecule has 1 saturated heterocycles. The summed E-state index contributed by atoms with van der Waals surface area (Å²) in [5, 5.41) is 3.32. The third-order valence-electron chi connectivity index (χ3n) is 4.79. The number of amides is 3. The Kier molecular flexibility index (Phi) is 5.99. The molecule has 1 heterocycles. The highest BCUT2D eigenvalue weighted by atomic mass is 35.5. The van der Waals surface area contributed by atoms with E-state index in [0.29, 0.717) is 48.0 Å². The minimum atomic E-state index is -0.325. The van der Waals surface area contributed by atoms with Crippen LogP contribution in [0.4, 0.5) is 5.69 Å². The molecule has 3 amide bonds. The van der Waals surface area contributed by atoms with Crippen molar-refractivity contribution in [1.82, 2.24) is 9.80 Å². The number of anilines is 1. The summed E-state index contributed by atoms with van der Waals surface area (Å²) in [7, 11) is 0. The highest BCUT2D eigenvalue weighted by Gasteiger charge is 2.22. The average molecular weight is 400 g/mol. The lowest BCUT2D eigenvalue weighted by Gasteiger charge is -2.32. The summed E-state index contributed by atoms with van der Waals surface area (Å²) in [6, 6.07) is 10.4. The van der Waals surface area contributed by atoms with Crippen LogP contribution in [-0.4, -0.2) is 54.2 Å². The summed E-state index contributed by atoms with van der Waals surface area (Å²) in [6.07, 6.45) is 0.797. The van der Waals surface area contributed by atoms with Gasteiger partial charge in [-0.2, -0.15) is 0 Å². The van der Waals surface area contributed by atoms with Crippen molar-refractivity contribution < 1.29 is 14.4 Å². The van der Waals surface area contributed by atoms with Gasteiger partial charge in [0.25, 0.3) is 11.8 Å². The number of carbonyl (C=O) groups excluding carboxylic acids is 3. The van der Waals surface area contributed by atoms with Crippen molar-refractivity contribution in [3.05, 3.63) is 63.7 Å². The van der Waals surface area contributed by atoms with E-state index in [0.717, 1.165) is 17.5 Å². The summed E-state index contributed by atoms with van der Waals surface area (Å²) in [6.45, 7) is 5.81. The summed E-state index contributed by atoms with van der Waals surface area (Å²) in [5.74, 6) is -0.473. The van der Waals surface area contributed by atoms with Gasteiger partial charge in [-0.3, -0.25) is 14.4 Å². The van der Waals surface area contributed by atoms with Crippen molar-refractivity contribution in [2.24, 2.45) is 0 Å². The zero-order valence-corrected chi connectivity index (χ0v) is 16.6. The summed E-state index contributed by atoms with van der Waals surface area (Å²) in [5.41, 5.74) is 3.28. The van der Waals surface area contributed by atoms with Gasteiger partial charge in [-0.05, 0) is 49.2 Å². The third kappa shape index (κ3) is 4.34. The lowest BCUT2D eigenvalue weighted by atomic mass is 10.1. The number of benzene rings is 2. The molecule has 6 nitrogen and oxygen atoms in total. The van der Waals surface area contributed by atoms with E-state index in [2.05, 4.69) is 5.32 Å². The Morgan fingerprint density at radius 2 is 1.71 bits per heavy atom. The van der Waals surface area contributed by atoms with Crippen molar-refractivity contribution in [1.29, 1.82) is 0 Å². The number of piperazine rings is 1. The van der Waals surface area contributed by atoms with Gasteiger partial charge in [-0.1, -0.05) is 23.7 Å². The van der Waals surface area contributed by atoms with E-state index in [9.17, 15) is 14.4 Å². The number of hydrogen-bond acceptors (Lipinski definition) is 3. The minimum absolute atomic E-state index is 0.148. The molecule has 0 unspecified atom stereocenters. The number of carbonyl (C=O) groups is 3. The lowest BCUT2D eigenvalue weighted by molar-refractivity contribution is -0.119. The van der Waals surface area contributed by atoms with Gasteiger partial charge < -0.3 is 15.1 Å². The van der Waals surface area contributed by atoms with Crippen LogP contribution in [0.3, 0.4) is 0 Å². The first-order chi connectivity index (χ1) is 13.4. The predicted octanol–water partition coefficient (Wildman–Crippen LogP) is 3.12. The Hall–Kier alpha value is -2.86. The first-order valence-electron chi connectivity index (χ1n) is 9.06. The van der Waals surface area contributed by atoms with Crippen LogP contribution in [0.1, 0.15) is 31.8 Å². The molecule has 1 aliphatic rings. The molecular formula is C21H22ClN3O3. The number of aryl methyl sites for hydroxylation is 2. The SMILES string of the molecule is Cc1cc(C)c(NC(=O)c2cccc(C(=O)N3CCN(C=O)CC3)c2)c(Cl)c1. The smallest absolute Gasteiger partial charge is 0.255 e. The van der Waals surface area contributed by atoms with E-state index in [-0.39, 0.29) is 11.8 Å². The topological polar surface area (TPSA) is 69.7 Å². The molecule has 28 heavy (non-hydrogen) atoms. The zero-order chi connectivity index (χ0) is 20.3. The van der Waals surface area contributed by atoms with Crippen LogP contribution < -0.4 is 5.32 Å². The molecule has 0 aromatic heterocycles. The molecule has 0 spiro atoms. The monoisotopic (exact) mass is 399 g/mol. The fourth-order valence-electron chi connectivity index (χ4n) is 3.27. The highest BCUT2D eigenvalue weighted by molar-refractivity contribution is 6.34. The zero-order valence-electron chi connectivity index (χ0n) is 15.9. The number of nitrogens with one attached hydrogen (secondary N) is 1. The van der Waals surface area contributed by atoms with Crippen molar-refractivity contribution in [2.45, 2.75) is 13.8 Å². The molecule has 0 atom stereocenters. The van der Waals surface area contributed by atoms with Crippen LogP contribution in [0, 0.1) is 13.8 Å². The first kappa shape index (κ1) is 19.9. The van der Waals surface area contributed by atoms with Crippen LogP contribution in [0.15, 0.2) is 36.4 Å². The normalized spacial score (nSPS) is 14.0. The summed E-state index contributed by atoms with van der Waals surface area (Å²) >= 11 is 6.27. The molecule has 0 bridgehead atoms. The molecule has 1 aliphatic heterocycles. The van der Waals surface area contributed by atoms with E-state index in [1.807, 2.05) is 19.9 Å². The van der Waals surface area contributed by atoms with Gasteiger partial charge in [0, 0.05) is 37.3 Å². The van der Waals surface area contributed by atoms with Crippen LogP contribution >= 0.6 is 11.6 Å². The average Bonchev–Trinajstić information content (AvgIpc) is 2.70. The number of rotatable bonds is 4. The maximum absolute atomic E-state index is 12.7. The molecule has 0 aliphatic carbocycles. The second kappa shape index (κ2) is 8.44. The Morgan fingerprint density at radius 1 is 1.04 bits per heavy atom. The van der Waals surface area contributed by atoms with Crippen LogP contribution in [0.2, 0.25) is 5.02 Å². The molecule has 2 aromatic carbocycles. The maximum atomic E-state index is 12.7. The van der Waals surface area contributed by atoms with Crippen LogP contribution in [0.5, 0.6) is 0 Å². The van der Waals surface area contributed by atoms with Crippen molar-refractivity contribution in [3.63, 3.8) is 0 Å². The molecule has 3 rings (SSSR count). The predicted molar refractivity (Wildman–Crippen MR) is 109 cm³/mol. The molecule has 2 aromatic rings. The summed E-state index contributed by atoms with van der Waals surface area (Å²) in [4.78, 5) is 39.6. The largest absolute Gasteiger partial charge is 0.342 e. The van der Waals surface area contributed by atoms with Gasteiger partial charge >= 0.3 is 0 Å². The van der Waals surface area contributed by atoms with Gasteiger partial charge in [-0.15, -0.1) is 0 Å². The minimum Gasteiger partial charge on any atom is -0.342 e. The first-order valence-corrected chi connectivity index (χ1v) is 9.43. The van der Waals surface area contributed by atoms with E-state index >= 15 is 0 Å². The van der Waals surface area contributed by atoms with Gasteiger partial charge in [0.2, 0.25) is 6.41 Å². The van der Waals surface area contributed by atoms with E-state index < -0.39 is 0 Å². The molecule has 1 fully saturated rings. The Morgan fingerprint density at radius 3 is 2.36 bits per heavy atom. The highest BCUT2D eigenvalue weighted by Crippen LogP contribution is 2.28. The molecular weight excluding hydrogens is 378 g/mol. The van der Waals surface area contributed by atoms with Crippen molar-refractivity contribution in [2.75, 3.05) is 31.5 Å². The number of halogens is 1. The number of hydrogen-bond donors (Lipinski definition) is 1. The maximum Gasteiger partial charge on any atom is 0.255 e. The van der Waals surface area contributed by atoms with Gasteiger partial charge in [0.15, 0.2) is 0 Å². The van der Waals surface area contributed by atoms with Gasteiger partial charge in [0.05, 0.1) is 10.7 Å². The molecule has 146 valence electrons. The molecule has 0 radical (unpaired) electrons. The molecule has 1 N–H and O–H groups in total. The van der Waals surface area contributed by atoms with Gasteiger partial charge in [-0.25, -0.2) is 0 Å². The van der Waals surface area contributed by atoms with Crippen LogP contribution in [0.25, 0.3) is 0 Å². The Balaban J connectivity index is 1.75. The number of nitrogens with zero attached hydrogens (tertiary/aromatic N) is 2. The Bertz CT molecular complexity index is 898. The van der Waals surface area contributed by atoms with Crippen molar-refractivity contribution >= 4 is 35.5 Å². The van der Waals surface area contributed by atoms with E-state index in [4.69, 9.17) is 11.6 Å². The van der Waals surface area contributed by atoms with E-state index in [1.165, 1.54) is 0 Å². The second-order valence-electron chi connectivity index (χ2n) is 6.91. The van der Waals surface area contributed by atoms with Gasteiger partial charge in [0.1, 0.15) is 0 Å². The quantitative estimate of drug-likeness (QED) is 0.803. The summed E-state index contributed by atoms with van der Waals surface area (Å²) < 4.78 is 0. The van der Waals surface area contributed by atoms with E-state index in [1.54, 1.807) is 40.1 Å². The standard InChI is InChI=1S/C21H22ClN3O3/c1-14-10-15(2)19(18(22)11-14)23-20(27)16-4-3-5-17(12-16)21(28)25-8-6-24(13-26)7-9-25/h3-5,10-13H,6-9H2,1-2H3,(H,23,27). The Labute approximate surface area is 169 Å². The molecule has 0 saturated carbocycles. The lowest BCUT2D eigenvalue weighted by Crippen LogP contribution is -2.48. The van der Waals surface area contributed by atoms with Crippen molar-refractivity contribution in [3.8, 4) is 0 Å². The second-order valence-corrected chi connectivity index (χ2v) is 7.31. The van der Waals surface area contributed by atoms with Crippen LogP contribution in [-0.2, 0) is 4.79 Å². The molecule has 7 heteroatoms. The fourth-order valence-corrected chi connectivity index (χ4v) is 3.63.